The van der Waals surface area contributed by atoms with Crippen molar-refractivity contribution in [3.05, 3.63) is 45.5 Å². The van der Waals surface area contributed by atoms with E-state index < -0.39 is 11.3 Å². The van der Waals surface area contributed by atoms with Gasteiger partial charge < -0.3 is 9.47 Å². The summed E-state index contributed by atoms with van der Waals surface area (Å²) in [6, 6.07) is 7.66. The van der Waals surface area contributed by atoms with Crippen molar-refractivity contribution in [2.75, 3.05) is 13.2 Å². The van der Waals surface area contributed by atoms with Crippen LogP contribution in [0.4, 0.5) is 0 Å². The van der Waals surface area contributed by atoms with Gasteiger partial charge in [-0.15, -0.1) is 0 Å². The molecular weight excluding hydrogens is 270 g/mol. The minimum Gasteiger partial charge on any atom is -0.343 e. The number of rotatable bonds is 1. The number of ether oxygens (including phenoxy) is 2. The number of hydrogen-bond donors (Lipinski definition) is 0. The Morgan fingerprint density at radius 2 is 1.86 bits per heavy atom. The molecule has 0 N–H and O–H groups in total. The lowest BCUT2D eigenvalue weighted by Gasteiger charge is -2.47. The molecule has 1 saturated carbocycles. The van der Waals surface area contributed by atoms with Gasteiger partial charge in [-0.3, -0.25) is 10.1 Å². The van der Waals surface area contributed by atoms with Gasteiger partial charge in [0.25, 0.3) is 5.54 Å². The van der Waals surface area contributed by atoms with E-state index in [1.807, 2.05) is 24.3 Å². The lowest BCUT2D eigenvalue weighted by molar-refractivity contribution is -0.599. The molecule has 3 aliphatic rings. The van der Waals surface area contributed by atoms with Gasteiger partial charge in [0.1, 0.15) is 0 Å². The van der Waals surface area contributed by atoms with E-state index in [4.69, 9.17) is 9.47 Å². The number of benzene rings is 1. The summed E-state index contributed by atoms with van der Waals surface area (Å²) in [7, 11) is 0. The number of nitrogens with zero attached hydrogens (tertiary/aromatic N) is 1. The maximum atomic E-state index is 12.0. The standard InChI is InChI=1S/C16H19NO4/c18-17(19)15-8-4-3-5-12(15)11-16(20-9-10-21-16)14-7-2-1-6-13(14)15/h1-2,6-7,12H,3-5,8-11H2/t12-,15+/m0/s1. The molecule has 1 spiro atoms. The third-order valence-corrected chi connectivity index (χ3v) is 5.43. The van der Waals surface area contributed by atoms with Crippen molar-refractivity contribution in [1.29, 1.82) is 0 Å². The molecule has 1 heterocycles. The van der Waals surface area contributed by atoms with Crippen LogP contribution in [0.25, 0.3) is 0 Å². The summed E-state index contributed by atoms with van der Waals surface area (Å²) in [6.07, 6.45) is 4.07. The van der Waals surface area contributed by atoms with Crippen LogP contribution in [0.15, 0.2) is 24.3 Å². The molecule has 0 bridgehead atoms. The van der Waals surface area contributed by atoms with Crippen LogP contribution < -0.4 is 0 Å². The molecule has 112 valence electrons. The lowest BCUT2D eigenvalue weighted by atomic mass is 9.61. The zero-order chi connectivity index (χ0) is 14.5. The molecule has 21 heavy (non-hydrogen) atoms. The smallest absolute Gasteiger partial charge is 0.250 e. The van der Waals surface area contributed by atoms with Crippen molar-refractivity contribution in [3.8, 4) is 0 Å². The van der Waals surface area contributed by atoms with E-state index >= 15 is 0 Å². The Kier molecular flexibility index (Phi) is 2.84. The van der Waals surface area contributed by atoms with Crippen molar-refractivity contribution in [2.45, 2.75) is 43.4 Å². The van der Waals surface area contributed by atoms with E-state index in [9.17, 15) is 10.1 Å². The molecule has 4 rings (SSSR count). The molecule has 0 amide bonds. The first-order valence-corrected chi connectivity index (χ1v) is 7.71. The summed E-state index contributed by atoms with van der Waals surface area (Å²) >= 11 is 0. The van der Waals surface area contributed by atoms with Gasteiger partial charge in [0.2, 0.25) is 0 Å². The zero-order valence-electron chi connectivity index (χ0n) is 11.9. The average Bonchev–Trinajstić information content (AvgIpc) is 2.97. The fourth-order valence-electron chi connectivity index (χ4n) is 4.55. The zero-order valence-corrected chi connectivity index (χ0v) is 11.9. The van der Waals surface area contributed by atoms with Crippen LogP contribution >= 0.6 is 0 Å². The van der Waals surface area contributed by atoms with Crippen molar-refractivity contribution in [2.24, 2.45) is 5.92 Å². The molecular formula is C16H19NO4. The first kappa shape index (κ1) is 13.2. The highest BCUT2D eigenvalue weighted by Crippen LogP contribution is 2.57. The topological polar surface area (TPSA) is 61.6 Å². The first-order chi connectivity index (χ1) is 10.2. The molecule has 5 nitrogen and oxygen atoms in total. The van der Waals surface area contributed by atoms with Gasteiger partial charge in [0, 0.05) is 34.8 Å². The van der Waals surface area contributed by atoms with Crippen LogP contribution in [0.3, 0.4) is 0 Å². The Labute approximate surface area is 123 Å². The van der Waals surface area contributed by atoms with Gasteiger partial charge in [-0.1, -0.05) is 30.7 Å². The molecule has 0 aromatic heterocycles. The highest BCUT2D eigenvalue weighted by atomic mass is 16.7. The molecule has 0 unspecified atom stereocenters. The molecule has 2 fully saturated rings. The van der Waals surface area contributed by atoms with E-state index in [1.165, 1.54) is 0 Å². The van der Waals surface area contributed by atoms with Crippen LogP contribution in [0, 0.1) is 16.0 Å². The summed E-state index contributed by atoms with van der Waals surface area (Å²) in [5, 5.41) is 12.0. The minimum absolute atomic E-state index is 0.00532. The van der Waals surface area contributed by atoms with Gasteiger partial charge in [0.05, 0.1) is 13.2 Å². The summed E-state index contributed by atoms with van der Waals surface area (Å²) in [5.74, 6) is -0.757. The minimum atomic E-state index is -0.949. The van der Waals surface area contributed by atoms with E-state index in [0.29, 0.717) is 26.1 Å². The Morgan fingerprint density at radius 3 is 2.57 bits per heavy atom. The van der Waals surface area contributed by atoms with Crippen molar-refractivity contribution < 1.29 is 14.4 Å². The highest BCUT2D eigenvalue weighted by Gasteiger charge is 2.62. The van der Waals surface area contributed by atoms with Gasteiger partial charge in [-0.05, 0) is 12.8 Å². The monoisotopic (exact) mass is 289 g/mol. The van der Waals surface area contributed by atoms with E-state index in [1.54, 1.807) is 0 Å². The second-order valence-electron chi connectivity index (χ2n) is 6.32. The second-order valence-corrected chi connectivity index (χ2v) is 6.32. The van der Waals surface area contributed by atoms with Crippen LogP contribution in [0.1, 0.15) is 43.2 Å². The Bertz CT molecular complexity index is 581. The average molecular weight is 289 g/mol. The molecule has 5 heteroatoms. The summed E-state index contributed by atoms with van der Waals surface area (Å²) in [5.41, 5.74) is 0.736. The number of fused-ring (bicyclic) bond motifs is 4. The normalized spacial score (nSPS) is 33.4. The maximum absolute atomic E-state index is 12.0. The SMILES string of the molecule is O=[N+]([O-])[C@]12CCCC[C@H]1CC1(OCCO1)c1ccccc12. The van der Waals surface area contributed by atoms with Crippen LogP contribution in [-0.4, -0.2) is 18.1 Å². The summed E-state index contributed by atoms with van der Waals surface area (Å²) in [6.45, 7) is 1.12. The Morgan fingerprint density at radius 1 is 1.14 bits per heavy atom. The Balaban J connectivity index is 1.94. The third-order valence-electron chi connectivity index (χ3n) is 5.43. The molecule has 0 radical (unpaired) electrons. The molecule has 2 aliphatic carbocycles. The van der Waals surface area contributed by atoms with Gasteiger partial charge >= 0.3 is 0 Å². The lowest BCUT2D eigenvalue weighted by Crippen LogP contribution is -2.53. The quantitative estimate of drug-likeness (QED) is 0.589. The third kappa shape index (κ3) is 1.64. The predicted molar refractivity (Wildman–Crippen MR) is 75.3 cm³/mol. The van der Waals surface area contributed by atoms with Crippen molar-refractivity contribution in [3.63, 3.8) is 0 Å². The first-order valence-electron chi connectivity index (χ1n) is 7.71. The summed E-state index contributed by atoms with van der Waals surface area (Å²) in [4.78, 5) is 12.0. The molecule has 1 aliphatic heterocycles. The van der Waals surface area contributed by atoms with Crippen LogP contribution in [0.5, 0.6) is 0 Å². The van der Waals surface area contributed by atoms with Gasteiger partial charge in [-0.2, -0.15) is 0 Å². The fourth-order valence-corrected chi connectivity index (χ4v) is 4.55. The van der Waals surface area contributed by atoms with Crippen molar-refractivity contribution >= 4 is 0 Å². The molecule has 1 saturated heterocycles. The van der Waals surface area contributed by atoms with Gasteiger partial charge in [0.15, 0.2) is 5.79 Å². The van der Waals surface area contributed by atoms with Gasteiger partial charge in [-0.25, -0.2) is 0 Å². The maximum Gasteiger partial charge on any atom is 0.250 e. The Hall–Kier alpha value is -1.46. The fraction of sp³-hybridized carbons (Fsp3) is 0.625. The predicted octanol–water partition coefficient (Wildman–Crippen LogP) is 2.95. The largest absolute Gasteiger partial charge is 0.343 e. The van der Waals surface area contributed by atoms with Crippen molar-refractivity contribution in [1.82, 2.24) is 0 Å². The van der Waals surface area contributed by atoms with E-state index in [0.717, 1.165) is 30.4 Å². The summed E-state index contributed by atoms with van der Waals surface area (Å²) < 4.78 is 11.9. The number of nitro groups is 1. The second kappa shape index (κ2) is 4.52. The molecule has 2 atom stereocenters. The molecule has 1 aromatic rings. The van der Waals surface area contributed by atoms with Crippen LogP contribution in [-0.2, 0) is 20.8 Å². The molecule has 1 aromatic carbocycles. The van der Waals surface area contributed by atoms with E-state index in [-0.39, 0.29) is 10.8 Å². The number of hydrogen-bond acceptors (Lipinski definition) is 4. The highest BCUT2D eigenvalue weighted by molar-refractivity contribution is 5.40. The van der Waals surface area contributed by atoms with Crippen LogP contribution in [0.2, 0.25) is 0 Å². The van der Waals surface area contributed by atoms with E-state index in [2.05, 4.69) is 0 Å².